The van der Waals surface area contributed by atoms with Gasteiger partial charge >= 0.3 is 5.76 Å². The first-order valence-corrected chi connectivity index (χ1v) is 5.26. The topological polar surface area (TPSA) is 71.8 Å². The summed E-state index contributed by atoms with van der Waals surface area (Å²) < 4.78 is 6.70. The van der Waals surface area contributed by atoms with Crippen LogP contribution in [0.25, 0.3) is 16.7 Å². The predicted octanol–water partition coefficient (Wildman–Crippen LogP) is 1.85. The Labute approximate surface area is 102 Å². The molecule has 3 rings (SSSR count). The monoisotopic (exact) mass is 237 g/mol. The van der Waals surface area contributed by atoms with E-state index in [2.05, 4.69) is 11.1 Å². The summed E-state index contributed by atoms with van der Waals surface area (Å²) in [5.41, 5.74) is 1.84. The Morgan fingerprint density at radius 2 is 2.22 bits per heavy atom. The molecule has 0 saturated heterocycles. The summed E-state index contributed by atoms with van der Waals surface area (Å²) in [6.45, 7) is 0. The zero-order valence-electron chi connectivity index (χ0n) is 9.20. The van der Waals surface area contributed by atoms with Crippen LogP contribution < -0.4 is 5.76 Å². The first-order chi connectivity index (χ1) is 8.78. The summed E-state index contributed by atoms with van der Waals surface area (Å²) >= 11 is 0. The summed E-state index contributed by atoms with van der Waals surface area (Å²) in [4.78, 5) is 14.5. The van der Waals surface area contributed by atoms with Crippen LogP contribution in [0.2, 0.25) is 0 Å². The van der Waals surface area contributed by atoms with Gasteiger partial charge in [-0.05, 0) is 30.3 Å². The van der Waals surface area contributed by atoms with Gasteiger partial charge in [0.15, 0.2) is 0 Å². The fraction of sp³-hybridized carbons (Fsp3) is 0. The normalized spacial score (nSPS) is 10.4. The molecule has 0 atom stereocenters. The van der Waals surface area contributed by atoms with Gasteiger partial charge in [-0.2, -0.15) is 10.2 Å². The van der Waals surface area contributed by atoms with Crippen molar-refractivity contribution >= 4 is 11.0 Å². The maximum Gasteiger partial charge on any atom is 0.439 e. The van der Waals surface area contributed by atoms with Gasteiger partial charge in [0.25, 0.3) is 0 Å². The van der Waals surface area contributed by atoms with Crippen molar-refractivity contribution in [2.24, 2.45) is 0 Å². The quantitative estimate of drug-likeness (QED) is 0.647. The molecule has 18 heavy (non-hydrogen) atoms. The average Bonchev–Trinajstić information content (AvgIpc) is 2.86. The minimum absolute atomic E-state index is 0.476. The number of fused-ring (bicyclic) bond motifs is 1. The number of hydrogen-bond donors (Lipinski definition) is 0. The molecule has 2 heterocycles. The van der Waals surface area contributed by atoms with Crippen molar-refractivity contribution in [1.29, 1.82) is 5.26 Å². The Morgan fingerprint density at radius 3 is 3.06 bits per heavy atom. The Hall–Kier alpha value is -2.87. The third-order valence-electron chi connectivity index (χ3n) is 2.64. The summed E-state index contributed by atoms with van der Waals surface area (Å²) in [5.74, 6) is -0.617. The third-order valence-corrected chi connectivity index (χ3v) is 2.64. The van der Waals surface area contributed by atoms with Gasteiger partial charge in [0, 0.05) is 23.5 Å². The van der Waals surface area contributed by atoms with E-state index in [9.17, 15) is 4.79 Å². The molecule has 3 aromatic rings. The standard InChI is InChI=1S/C13H7N3O2/c14-7-11-2-1-5-16(11)10-3-4-12-9(6-10)8-15-13(17)18-12/h1-6,8H. The zero-order valence-corrected chi connectivity index (χ0v) is 9.20. The molecule has 0 amide bonds. The van der Waals surface area contributed by atoms with E-state index in [0.29, 0.717) is 16.7 Å². The van der Waals surface area contributed by atoms with Crippen LogP contribution in [0.3, 0.4) is 0 Å². The van der Waals surface area contributed by atoms with Crippen LogP contribution in [0.5, 0.6) is 0 Å². The second-order valence-corrected chi connectivity index (χ2v) is 3.72. The molecular weight excluding hydrogens is 230 g/mol. The van der Waals surface area contributed by atoms with Crippen LogP contribution in [0.1, 0.15) is 5.69 Å². The maximum atomic E-state index is 11.0. The molecule has 0 aliphatic rings. The Bertz CT molecular complexity index is 824. The molecule has 0 unspecified atom stereocenters. The lowest BCUT2D eigenvalue weighted by atomic mass is 10.2. The SMILES string of the molecule is N#Cc1cccn1-c1ccc2oc(=O)ncc2c1. The molecule has 0 spiro atoms. The van der Waals surface area contributed by atoms with Crippen molar-refractivity contribution in [2.45, 2.75) is 0 Å². The number of nitriles is 1. The second-order valence-electron chi connectivity index (χ2n) is 3.72. The highest BCUT2D eigenvalue weighted by molar-refractivity contribution is 5.78. The summed E-state index contributed by atoms with van der Waals surface area (Å²) in [7, 11) is 0. The van der Waals surface area contributed by atoms with E-state index in [1.54, 1.807) is 35.0 Å². The van der Waals surface area contributed by atoms with Crippen molar-refractivity contribution in [1.82, 2.24) is 9.55 Å². The predicted molar refractivity (Wildman–Crippen MR) is 64.3 cm³/mol. The smallest absolute Gasteiger partial charge is 0.408 e. The van der Waals surface area contributed by atoms with Crippen molar-refractivity contribution in [3.63, 3.8) is 0 Å². The molecule has 5 heteroatoms. The lowest BCUT2D eigenvalue weighted by Gasteiger charge is -2.05. The van der Waals surface area contributed by atoms with E-state index < -0.39 is 5.76 Å². The van der Waals surface area contributed by atoms with Crippen molar-refractivity contribution < 1.29 is 4.42 Å². The number of nitrogens with zero attached hydrogens (tertiary/aromatic N) is 3. The van der Waals surface area contributed by atoms with Crippen molar-refractivity contribution in [3.8, 4) is 11.8 Å². The van der Waals surface area contributed by atoms with E-state index in [0.717, 1.165) is 5.69 Å². The minimum atomic E-state index is -0.617. The molecule has 0 fully saturated rings. The van der Waals surface area contributed by atoms with Gasteiger partial charge in [-0.3, -0.25) is 0 Å². The number of hydrogen-bond acceptors (Lipinski definition) is 4. The molecule has 0 N–H and O–H groups in total. The van der Waals surface area contributed by atoms with Crippen LogP contribution in [0, 0.1) is 11.3 Å². The van der Waals surface area contributed by atoms with E-state index in [1.165, 1.54) is 6.20 Å². The molecule has 1 aromatic carbocycles. The Balaban J connectivity index is 2.23. The lowest BCUT2D eigenvalue weighted by molar-refractivity contribution is 0.531. The van der Waals surface area contributed by atoms with E-state index in [1.807, 2.05) is 6.07 Å². The molecule has 0 aliphatic heterocycles. The largest absolute Gasteiger partial charge is 0.439 e. The van der Waals surface area contributed by atoms with Crippen LogP contribution in [-0.4, -0.2) is 9.55 Å². The van der Waals surface area contributed by atoms with Crippen LogP contribution in [0.4, 0.5) is 0 Å². The highest BCUT2D eigenvalue weighted by atomic mass is 16.4. The Kier molecular flexibility index (Phi) is 2.21. The van der Waals surface area contributed by atoms with Crippen LogP contribution in [0.15, 0.2) is 51.9 Å². The zero-order chi connectivity index (χ0) is 12.5. The summed E-state index contributed by atoms with van der Waals surface area (Å²) in [6.07, 6.45) is 3.26. The molecule has 0 saturated carbocycles. The molecule has 5 nitrogen and oxygen atoms in total. The molecule has 0 aliphatic carbocycles. The van der Waals surface area contributed by atoms with Gasteiger partial charge in [0.1, 0.15) is 17.3 Å². The van der Waals surface area contributed by atoms with Crippen molar-refractivity contribution in [2.75, 3.05) is 0 Å². The first kappa shape index (κ1) is 10.3. The minimum Gasteiger partial charge on any atom is -0.408 e. The van der Waals surface area contributed by atoms with E-state index >= 15 is 0 Å². The van der Waals surface area contributed by atoms with Gasteiger partial charge in [-0.25, -0.2) is 4.79 Å². The Morgan fingerprint density at radius 1 is 1.33 bits per heavy atom. The third kappa shape index (κ3) is 1.57. The van der Waals surface area contributed by atoms with Gasteiger partial charge in [0.2, 0.25) is 0 Å². The highest BCUT2D eigenvalue weighted by Crippen LogP contribution is 2.18. The van der Waals surface area contributed by atoms with Gasteiger partial charge in [-0.15, -0.1) is 0 Å². The van der Waals surface area contributed by atoms with Gasteiger partial charge < -0.3 is 8.98 Å². The molecule has 0 bridgehead atoms. The fourth-order valence-corrected chi connectivity index (χ4v) is 1.82. The van der Waals surface area contributed by atoms with Crippen molar-refractivity contribution in [3.05, 3.63) is 59.0 Å². The summed E-state index contributed by atoms with van der Waals surface area (Å²) in [5, 5.41) is 9.69. The van der Waals surface area contributed by atoms with Crippen LogP contribution >= 0.6 is 0 Å². The van der Waals surface area contributed by atoms with Gasteiger partial charge in [0.05, 0.1) is 0 Å². The van der Waals surface area contributed by atoms with E-state index in [4.69, 9.17) is 9.68 Å². The summed E-state index contributed by atoms with van der Waals surface area (Å²) in [6, 6.07) is 10.9. The number of aromatic nitrogens is 2. The van der Waals surface area contributed by atoms with E-state index in [-0.39, 0.29) is 0 Å². The number of benzene rings is 1. The average molecular weight is 237 g/mol. The molecular formula is C13H7N3O2. The van der Waals surface area contributed by atoms with Crippen LogP contribution in [-0.2, 0) is 0 Å². The lowest BCUT2D eigenvalue weighted by Crippen LogP contribution is -2.02. The highest BCUT2D eigenvalue weighted by Gasteiger charge is 2.04. The second kappa shape index (κ2) is 3.86. The molecule has 86 valence electrons. The first-order valence-electron chi connectivity index (χ1n) is 5.26. The fourth-order valence-electron chi connectivity index (χ4n) is 1.82. The molecule has 0 radical (unpaired) electrons. The maximum absolute atomic E-state index is 11.0. The molecule has 2 aromatic heterocycles. The number of rotatable bonds is 1. The van der Waals surface area contributed by atoms with Gasteiger partial charge in [-0.1, -0.05) is 0 Å².